The van der Waals surface area contributed by atoms with Crippen molar-refractivity contribution in [3.63, 3.8) is 0 Å². The van der Waals surface area contributed by atoms with Gasteiger partial charge in [0.1, 0.15) is 5.82 Å². The van der Waals surface area contributed by atoms with Crippen molar-refractivity contribution in [1.29, 1.82) is 0 Å². The zero-order valence-corrected chi connectivity index (χ0v) is 14.8. The third-order valence-corrected chi connectivity index (χ3v) is 4.39. The number of hydrogen-bond acceptors (Lipinski definition) is 4. The van der Waals surface area contributed by atoms with Crippen molar-refractivity contribution in [2.75, 3.05) is 13.1 Å². The molecule has 2 rings (SSSR count). The average molecular weight is 334 g/mol. The van der Waals surface area contributed by atoms with E-state index < -0.39 is 0 Å². The first-order valence-electron chi connectivity index (χ1n) is 8.46. The Hall–Kier alpha value is -2.18. The number of nitrogens with one attached hydrogen (secondary N) is 2. The number of hydrogen-bond donors (Lipinski definition) is 2. The lowest BCUT2D eigenvalue weighted by molar-refractivity contribution is -0.129. The molecule has 1 aliphatic heterocycles. The summed E-state index contributed by atoms with van der Waals surface area (Å²) in [5.74, 6) is 0.671. The molecule has 1 atom stereocenters. The number of aryl methyl sites for hydroxylation is 2. The van der Waals surface area contributed by atoms with Crippen molar-refractivity contribution >= 4 is 11.8 Å². The molecule has 0 radical (unpaired) electrons. The highest BCUT2D eigenvalue weighted by Crippen LogP contribution is 2.19. The fourth-order valence-corrected chi connectivity index (χ4v) is 2.97. The van der Waals surface area contributed by atoms with Crippen LogP contribution in [-0.2, 0) is 22.4 Å². The molecule has 0 bridgehead atoms. The smallest absolute Gasteiger partial charge is 0.254 e. The van der Waals surface area contributed by atoms with Crippen molar-refractivity contribution in [1.82, 2.24) is 20.2 Å². The van der Waals surface area contributed by atoms with Gasteiger partial charge in [-0.2, -0.15) is 0 Å². The second-order valence-corrected chi connectivity index (χ2v) is 6.62. The summed E-state index contributed by atoms with van der Waals surface area (Å²) in [7, 11) is 0. The zero-order valence-electron chi connectivity index (χ0n) is 14.8. The molecule has 0 aliphatic carbocycles. The van der Waals surface area contributed by atoms with Crippen LogP contribution in [-0.4, -0.2) is 45.8 Å². The molecule has 1 saturated heterocycles. The molecule has 132 valence electrons. The van der Waals surface area contributed by atoms with E-state index in [1.54, 1.807) is 6.92 Å². The Kier molecular flexibility index (Phi) is 5.75. The molecule has 2 N–H and O–H groups in total. The van der Waals surface area contributed by atoms with Gasteiger partial charge in [0.2, 0.25) is 11.8 Å². The highest BCUT2D eigenvalue weighted by molar-refractivity contribution is 5.80. The molecule has 1 aromatic heterocycles. The van der Waals surface area contributed by atoms with Crippen molar-refractivity contribution in [3.8, 4) is 0 Å². The summed E-state index contributed by atoms with van der Waals surface area (Å²) in [4.78, 5) is 44.9. The molecule has 2 heterocycles. The minimum Gasteiger partial charge on any atom is -0.355 e. The number of amides is 2. The number of likely N-dealkylation sites (tertiary alicyclic amines) is 1. The molecular weight excluding hydrogens is 308 g/mol. The standard InChI is InChI=1S/C17H26N4O3/c1-5-14-19-11(4)13(17(24)20-14)7-15(22)18-8-12-6-16(23)21(9-12)10(2)3/h10,12H,5-9H2,1-4H3,(H,18,22)(H,19,20,24)/t12-/m1/s1. The van der Waals surface area contributed by atoms with E-state index in [4.69, 9.17) is 0 Å². The Labute approximate surface area is 141 Å². The van der Waals surface area contributed by atoms with Crippen LogP contribution in [0.15, 0.2) is 4.79 Å². The van der Waals surface area contributed by atoms with E-state index in [1.807, 2.05) is 25.7 Å². The molecule has 2 amide bonds. The van der Waals surface area contributed by atoms with E-state index in [0.29, 0.717) is 43.0 Å². The molecule has 7 heteroatoms. The van der Waals surface area contributed by atoms with Gasteiger partial charge in [-0.1, -0.05) is 6.92 Å². The second-order valence-electron chi connectivity index (χ2n) is 6.62. The highest BCUT2D eigenvalue weighted by Gasteiger charge is 2.31. The van der Waals surface area contributed by atoms with Gasteiger partial charge in [-0.3, -0.25) is 14.4 Å². The first-order chi connectivity index (χ1) is 11.3. The summed E-state index contributed by atoms with van der Waals surface area (Å²) in [6, 6.07) is 0.183. The van der Waals surface area contributed by atoms with E-state index >= 15 is 0 Å². The number of rotatable bonds is 6. The van der Waals surface area contributed by atoms with Crippen molar-refractivity contribution in [3.05, 3.63) is 27.4 Å². The molecule has 1 aromatic rings. The largest absolute Gasteiger partial charge is 0.355 e. The maximum absolute atomic E-state index is 12.1. The van der Waals surface area contributed by atoms with Gasteiger partial charge in [0.05, 0.1) is 6.42 Å². The number of aromatic amines is 1. The second kappa shape index (κ2) is 7.59. The zero-order chi connectivity index (χ0) is 17.9. The van der Waals surface area contributed by atoms with Crippen LogP contribution in [0.4, 0.5) is 0 Å². The van der Waals surface area contributed by atoms with Crippen LogP contribution in [0.3, 0.4) is 0 Å². The van der Waals surface area contributed by atoms with Gasteiger partial charge in [0.25, 0.3) is 5.56 Å². The summed E-state index contributed by atoms with van der Waals surface area (Å²) in [5, 5.41) is 2.84. The number of nitrogens with zero attached hydrogens (tertiary/aromatic N) is 2. The van der Waals surface area contributed by atoms with Crippen LogP contribution in [0, 0.1) is 12.8 Å². The van der Waals surface area contributed by atoms with Gasteiger partial charge < -0.3 is 15.2 Å². The molecule has 0 saturated carbocycles. The van der Waals surface area contributed by atoms with E-state index in [1.165, 1.54) is 0 Å². The minimum atomic E-state index is -0.253. The third kappa shape index (κ3) is 4.21. The molecule has 1 fully saturated rings. The number of aromatic nitrogens is 2. The van der Waals surface area contributed by atoms with E-state index in [0.717, 1.165) is 0 Å². The van der Waals surface area contributed by atoms with Crippen molar-refractivity contribution < 1.29 is 9.59 Å². The van der Waals surface area contributed by atoms with E-state index in [2.05, 4.69) is 15.3 Å². The first-order valence-corrected chi connectivity index (χ1v) is 8.46. The topological polar surface area (TPSA) is 95.2 Å². The molecule has 0 aromatic carbocycles. The highest BCUT2D eigenvalue weighted by atomic mass is 16.2. The molecule has 1 aliphatic rings. The Morgan fingerprint density at radius 2 is 2.12 bits per heavy atom. The van der Waals surface area contributed by atoms with Gasteiger partial charge >= 0.3 is 0 Å². The molecular formula is C17H26N4O3. The van der Waals surface area contributed by atoms with Crippen LogP contribution in [0.25, 0.3) is 0 Å². The summed E-state index contributed by atoms with van der Waals surface area (Å²) < 4.78 is 0. The molecule has 7 nitrogen and oxygen atoms in total. The van der Waals surface area contributed by atoms with E-state index in [9.17, 15) is 14.4 Å². The van der Waals surface area contributed by atoms with Crippen LogP contribution in [0.5, 0.6) is 0 Å². The lowest BCUT2D eigenvalue weighted by Gasteiger charge is -2.21. The Bertz CT molecular complexity index is 681. The number of H-pyrrole nitrogens is 1. The van der Waals surface area contributed by atoms with Crippen LogP contribution >= 0.6 is 0 Å². The molecule has 24 heavy (non-hydrogen) atoms. The predicted molar refractivity (Wildman–Crippen MR) is 90.6 cm³/mol. The summed E-state index contributed by atoms with van der Waals surface area (Å²) in [5.41, 5.74) is 0.736. The van der Waals surface area contributed by atoms with Crippen molar-refractivity contribution in [2.24, 2.45) is 5.92 Å². The van der Waals surface area contributed by atoms with Crippen LogP contribution < -0.4 is 10.9 Å². The number of carbonyl (C=O) groups excluding carboxylic acids is 2. The first kappa shape index (κ1) is 18.2. The summed E-state index contributed by atoms with van der Waals surface area (Å²) in [6.07, 6.45) is 1.11. The quantitative estimate of drug-likeness (QED) is 0.794. The predicted octanol–water partition coefficient (Wildman–Crippen LogP) is 0.556. The lowest BCUT2D eigenvalue weighted by atomic mass is 10.1. The maximum Gasteiger partial charge on any atom is 0.254 e. The van der Waals surface area contributed by atoms with Gasteiger partial charge in [-0.25, -0.2) is 4.98 Å². The average Bonchev–Trinajstić information content (AvgIpc) is 2.89. The molecule has 0 unspecified atom stereocenters. The van der Waals surface area contributed by atoms with Crippen LogP contribution in [0.1, 0.15) is 44.3 Å². The maximum atomic E-state index is 12.1. The Morgan fingerprint density at radius 3 is 2.67 bits per heavy atom. The SMILES string of the molecule is CCc1nc(C)c(CC(=O)NC[C@H]2CC(=O)N(C(C)C)C2)c(=O)[nH]1. The van der Waals surface area contributed by atoms with Gasteiger partial charge in [-0.15, -0.1) is 0 Å². The third-order valence-electron chi connectivity index (χ3n) is 4.39. The minimum absolute atomic E-state index is 0.00667. The van der Waals surface area contributed by atoms with E-state index in [-0.39, 0.29) is 35.8 Å². The fourth-order valence-electron chi connectivity index (χ4n) is 2.97. The monoisotopic (exact) mass is 334 g/mol. The number of carbonyl (C=O) groups is 2. The fraction of sp³-hybridized carbons (Fsp3) is 0.647. The normalized spacial score (nSPS) is 17.6. The van der Waals surface area contributed by atoms with Crippen LogP contribution in [0.2, 0.25) is 0 Å². The molecule has 0 spiro atoms. The Balaban J connectivity index is 1.91. The summed E-state index contributed by atoms with van der Waals surface area (Å²) in [6.45, 7) is 8.75. The summed E-state index contributed by atoms with van der Waals surface area (Å²) >= 11 is 0. The van der Waals surface area contributed by atoms with Gasteiger partial charge in [0.15, 0.2) is 0 Å². The lowest BCUT2D eigenvalue weighted by Crippen LogP contribution is -2.35. The Morgan fingerprint density at radius 1 is 1.42 bits per heavy atom. The van der Waals surface area contributed by atoms with Gasteiger partial charge in [-0.05, 0) is 20.8 Å². The van der Waals surface area contributed by atoms with Crippen molar-refractivity contribution in [2.45, 2.75) is 53.0 Å². The van der Waals surface area contributed by atoms with Gasteiger partial charge in [0, 0.05) is 49.1 Å².